The van der Waals surface area contributed by atoms with E-state index >= 15 is 0 Å². The van der Waals surface area contributed by atoms with Crippen LogP contribution >= 0.6 is 15.5 Å². The molecular weight excluding hydrogens is 630 g/mol. The third kappa shape index (κ3) is 5.01. The van der Waals surface area contributed by atoms with Crippen LogP contribution in [0.4, 0.5) is 0 Å². The lowest BCUT2D eigenvalue weighted by molar-refractivity contribution is 0.305. The van der Waals surface area contributed by atoms with E-state index in [0.717, 1.165) is 6.16 Å². The van der Waals surface area contributed by atoms with E-state index in [-0.39, 0.29) is 17.5 Å². The predicted molar refractivity (Wildman–Crippen MR) is 213 cm³/mol. The van der Waals surface area contributed by atoms with Gasteiger partial charge in [0.15, 0.2) is 18.2 Å². The first kappa shape index (κ1) is 30.3. The molecule has 3 aliphatic rings. The maximum atomic E-state index is 5.58. The van der Waals surface area contributed by atoms with E-state index in [4.69, 9.17) is 9.98 Å². The normalized spacial score (nSPS) is 22.9. The van der Waals surface area contributed by atoms with Gasteiger partial charge in [-0.1, -0.05) is 146 Å². The van der Waals surface area contributed by atoms with Gasteiger partial charge >= 0.3 is 0 Å². The zero-order chi connectivity index (χ0) is 32.6. The molecule has 6 aromatic rings. The van der Waals surface area contributed by atoms with Gasteiger partial charge in [0.05, 0.1) is 18.3 Å². The maximum absolute atomic E-state index is 5.58. The van der Waals surface area contributed by atoms with Crippen LogP contribution in [0.5, 0.6) is 0 Å². The third-order valence-electron chi connectivity index (χ3n) is 10.7. The summed E-state index contributed by atoms with van der Waals surface area (Å²) in [7, 11) is -1.24. The minimum atomic E-state index is -0.681. The first-order valence-corrected chi connectivity index (χ1v) is 20.1. The Morgan fingerprint density at radius 1 is 0.510 bits per heavy atom. The Bertz CT molecular complexity index is 2100. The fraction of sp³-hybridized carbons (Fsp3) is 0.133. The quantitative estimate of drug-likeness (QED) is 0.110. The van der Waals surface area contributed by atoms with Crippen LogP contribution < -0.4 is 21.2 Å². The van der Waals surface area contributed by atoms with Crippen LogP contribution in [-0.4, -0.2) is 36.5 Å². The average molecular weight is 668 g/mol. The summed E-state index contributed by atoms with van der Waals surface area (Å²) >= 11 is 0. The van der Waals surface area contributed by atoms with E-state index in [9.17, 15) is 0 Å². The van der Waals surface area contributed by atoms with Gasteiger partial charge in [0, 0.05) is 29.6 Å². The first-order chi connectivity index (χ1) is 24.4. The summed E-state index contributed by atoms with van der Waals surface area (Å²) < 4.78 is 0. The Kier molecular flexibility index (Phi) is 8.01. The fourth-order valence-corrected chi connectivity index (χ4v) is 12.7. The standard InChI is InChI=1S/C45H37N2P2/c1-5-17-33(18-6-1)48(34-19-7-2-8-20-34)31-29-46-43-41-37-25-13-15-27-39(37)45(41)40-28-16-14-26-38(40)42(45)44(43)47-30-32-49(35-21-9-3-10-22-35)36-23-11-4-12-24-36/h1-31,41-44H,32H2/q+1/t41?,42?,43-,44-,45?/m1/s1. The first-order valence-electron chi connectivity index (χ1n) is 17.2. The average Bonchev–Trinajstić information content (AvgIpc) is 3.36. The Morgan fingerprint density at radius 3 is 1.45 bits per heavy atom. The van der Waals surface area contributed by atoms with E-state index in [2.05, 4.69) is 188 Å². The van der Waals surface area contributed by atoms with Crippen molar-refractivity contribution in [2.75, 3.05) is 6.16 Å². The van der Waals surface area contributed by atoms with E-state index in [1.165, 1.54) is 43.5 Å². The second-order valence-corrected chi connectivity index (χ2v) is 17.4. The van der Waals surface area contributed by atoms with Crippen LogP contribution in [0, 0.1) is 0 Å². The highest BCUT2D eigenvalue weighted by Crippen LogP contribution is 2.76. The molecule has 0 saturated heterocycles. The molecule has 3 unspecified atom stereocenters. The minimum absolute atomic E-state index is 0.00953. The van der Waals surface area contributed by atoms with Crippen LogP contribution in [0.25, 0.3) is 0 Å². The second-order valence-electron chi connectivity index (χ2n) is 13.1. The molecular formula is C45H37N2P2+. The van der Waals surface area contributed by atoms with Crippen molar-refractivity contribution < 1.29 is 0 Å². The Labute approximate surface area is 291 Å². The van der Waals surface area contributed by atoms with Gasteiger partial charge in [-0.05, 0) is 65.0 Å². The molecule has 0 radical (unpaired) electrons. The fourth-order valence-electron chi connectivity index (χ4n) is 8.81. The Balaban J connectivity index is 1.13. The molecule has 0 heterocycles. The molecule has 6 aromatic carbocycles. The smallest absolute Gasteiger partial charge is 0.171 e. The highest BCUT2D eigenvalue weighted by molar-refractivity contribution is 7.73. The van der Waals surface area contributed by atoms with Gasteiger partial charge in [-0.25, -0.2) is 0 Å². The number of nitrogens with zero attached hydrogens (tertiary/aromatic N) is 2. The lowest BCUT2D eigenvalue weighted by atomic mass is 9.43. The monoisotopic (exact) mass is 667 g/mol. The lowest BCUT2D eigenvalue weighted by Crippen LogP contribution is -2.53. The number of rotatable bonds is 9. The Morgan fingerprint density at radius 2 is 0.939 bits per heavy atom. The van der Waals surface area contributed by atoms with Gasteiger partial charge in [-0.3, -0.25) is 9.98 Å². The van der Waals surface area contributed by atoms with Gasteiger partial charge in [0.2, 0.25) is 0 Å². The zero-order valence-corrected chi connectivity index (χ0v) is 29.0. The summed E-state index contributed by atoms with van der Waals surface area (Å²) in [6.07, 6.45) is 5.31. The summed E-state index contributed by atoms with van der Waals surface area (Å²) in [5.74, 6) is 3.00. The molecule has 9 rings (SSSR count). The molecule has 1 fully saturated rings. The van der Waals surface area contributed by atoms with Crippen molar-refractivity contribution in [3.63, 3.8) is 0 Å². The molecule has 49 heavy (non-hydrogen) atoms. The molecule has 4 heteroatoms. The van der Waals surface area contributed by atoms with Crippen molar-refractivity contribution in [2.24, 2.45) is 9.98 Å². The number of aliphatic imine (C=N–C) groups is 2. The van der Waals surface area contributed by atoms with Gasteiger partial charge in [-0.15, -0.1) is 0 Å². The molecule has 0 aliphatic heterocycles. The molecule has 0 N–H and O–H groups in total. The molecule has 1 spiro atoms. The molecule has 0 bridgehead atoms. The largest absolute Gasteiger partial charge is 0.291 e. The molecule has 236 valence electrons. The van der Waals surface area contributed by atoms with Crippen LogP contribution in [0.2, 0.25) is 0 Å². The van der Waals surface area contributed by atoms with Gasteiger partial charge in [-0.2, -0.15) is 0 Å². The van der Waals surface area contributed by atoms with Gasteiger partial charge in [0.25, 0.3) is 0 Å². The number of benzene rings is 6. The van der Waals surface area contributed by atoms with Crippen molar-refractivity contribution in [1.29, 1.82) is 0 Å². The third-order valence-corrected chi connectivity index (χ3v) is 15.2. The van der Waals surface area contributed by atoms with Crippen LogP contribution in [0.15, 0.2) is 180 Å². The van der Waals surface area contributed by atoms with E-state index in [1.54, 1.807) is 0 Å². The number of fused-ring (bicyclic) bond motifs is 4. The predicted octanol–water partition coefficient (Wildman–Crippen LogP) is 8.13. The van der Waals surface area contributed by atoms with Crippen LogP contribution in [0.1, 0.15) is 34.1 Å². The van der Waals surface area contributed by atoms with Gasteiger partial charge < -0.3 is 0 Å². The molecule has 1 saturated carbocycles. The highest BCUT2D eigenvalue weighted by Gasteiger charge is 2.74. The van der Waals surface area contributed by atoms with Crippen molar-refractivity contribution in [2.45, 2.75) is 29.3 Å². The molecule has 3 aliphatic carbocycles. The van der Waals surface area contributed by atoms with Crippen molar-refractivity contribution in [3.05, 3.63) is 192 Å². The van der Waals surface area contributed by atoms with Crippen molar-refractivity contribution in [3.8, 4) is 0 Å². The summed E-state index contributed by atoms with van der Waals surface area (Å²) in [6.45, 7) is 0. The maximum Gasteiger partial charge on any atom is 0.171 e. The highest BCUT2D eigenvalue weighted by atomic mass is 31.1. The summed E-state index contributed by atoms with van der Waals surface area (Å²) in [4.78, 5) is 11.1. The summed E-state index contributed by atoms with van der Waals surface area (Å²) in [5.41, 5.74) is 5.86. The van der Waals surface area contributed by atoms with Gasteiger partial charge in [0.1, 0.15) is 5.80 Å². The SMILES string of the molecule is C(C=[P+](c1ccccc1)c1ccccc1)=N[C@@H]1C2c3ccccc3C23c2ccccc2C3[C@H]1N=CCP(c1ccccc1)c1ccccc1. The molecule has 2 nitrogen and oxygen atoms in total. The van der Waals surface area contributed by atoms with Crippen LogP contribution in [-0.2, 0) is 5.41 Å². The molecule has 5 atom stereocenters. The Hall–Kier alpha value is -4.74. The van der Waals surface area contributed by atoms with E-state index in [1.807, 2.05) is 0 Å². The van der Waals surface area contributed by atoms with E-state index < -0.39 is 15.5 Å². The van der Waals surface area contributed by atoms with Crippen LogP contribution in [0.3, 0.4) is 0 Å². The summed E-state index contributed by atoms with van der Waals surface area (Å²) in [5, 5.41) is 5.45. The van der Waals surface area contributed by atoms with Crippen molar-refractivity contribution >= 4 is 54.9 Å². The van der Waals surface area contributed by atoms with E-state index in [0.29, 0.717) is 11.8 Å². The second kappa shape index (κ2) is 12.9. The van der Waals surface area contributed by atoms with Crippen molar-refractivity contribution in [1.82, 2.24) is 0 Å². The zero-order valence-electron chi connectivity index (χ0n) is 27.2. The minimum Gasteiger partial charge on any atom is -0.291 e. The summed E-state index contributed by atoms with van der Waals surface area (Å²) in [6, 6.07) is 62.1. The topological polar surface area (TPSA) is 24.7 Å². The lowest BCUT2D eigenvalue weighted by Gasteiger charge is -2.58. The molecule has 0 aromatic heterocycles. The number of hydrogen-bond acceptors (Lipinski definition) is 2. The molecule has 0 amide bonds. The number of hydrogen-bond donors (Lipinski definition) is 0.